The van der Waals surface area contributed by atoms with Crippen LogP contribution >= 0.6 is 0 Å². The molecule has 0 radical (unpaired) electrons. The molecule has 0 aromatic carbocycles. The number of hydrogen-bond acceptors (Lipinski definition) is 5. The van der Waals surface area contributed by atoms with Gasteiger partial charge in [-0.1, -0.05) is 19.3 Å². The number of carbonyl (C=O) groups is 1. The van der Waals surface area contributed by atoms with Crippen molar-refractivity contribution in [1.82, 2.24) is 15.1 Å². The summed E-state index contributed by atoms with van der Waals surface area (Å²) in [6.07, 6.45) is 6.01. The quantitative estimate of drug-likeness (QED) is 0.840. The van der Waals surface area contributed by atoms with Gasteiger partial charge in [-0.3, -0.25) is 9.59 Å². The number of amides is 1. The molecule has 1 aliphatic rings. The predicted molar refractivity (Wildman–Crippen MR) is 104 cm³/mol. The number of nitrogens with two attached hydrogens (primary N) is 1. The van der Waals surface area contributed by atoms with Gasteiger partial charge < -0.3 is 15.5 Å². The highest BCUT2D eigenvalue weighted by atomic mass is 16.3. The summed E-state index contributed by atoms with van der Waals surface area (Å²) in [6, 6.07) is 2.64. The fourth-order valence-corrected chi connectivity index (χ4v) is 3.71. The van der Waals surface area contributed by atoms with E-state index in [0.717, 1.165) is 24.2 Å². The molecule has 2 aromatic rings. The monoisotopic (exact) mass is 372 g/mol. The summed E-state index contributed by atoms with van der Waals surface area (Å²) < 4.78 is 6.71. The van der Waals surface area contributed by atoms with Gasteiger partial charge in [-0.15, -0.1) is 0 Å². The number of nitrogens with one attached hydrogen (secondary N) is 1. The van der Waals surface area contributed by atoms with Gasteiger partial charge in [0.05, 0.1) is 5.69 Å². The van der Waals surface area contributed by atoms with E-state index in [9.17, 15) is 9.59 Å². The zero-order valence-corrected chi connectivity index (χ0v) is 16.2. The minimum Gasteiger partial charge on any atom is -0.466 e. The van der Waals surface area contributed by atoms with Crippen LogP contribution in [0.5, 0.6) is 0 Å². The zero-order valence-electron chi connectivity index (χ0n) is 16.2. The van der Waals surface area contributed by atoms with Crippen molar-refractivity contribution >= 4 is 11.6 Å². The fraction of sp³-hybridized carbons (Fsp3) is 0.550. The van der Waals surface area contributed by atoms with E-state index in [1.54, 1.807) is 6.92 Å². The van der Waals surface area contributed by atoms with Gasteiger partial charge in [0.1, 0.15) is 23.2 Å². The van der Waals surface area contributed by atoms with Crippen LogP contribution in [0, 0.1) is 19.8 Å². The molecule has 7 heteroatoms. The number of nitrogens with zero attached hydrogens (tertiary/aromatic N) is 2. The minimum atomic E-state index is -0.739. The number of nitrogen functional groups attached to an aromatic ring is 1. The van der Waals surface area contributed by atoms with E-state index in [0.29, 0.717) is 23.9 Å². The van der Waals surface area contributed by atoms with Gasteiger partial charge in [0.2, 0.25) is 5.91 Å². The van der Waals surface area contributed by atoms with E-state index in [2.05, 4.69) is 10.4 Å². The molecule has 146 valence electrons. The molecule has 3 N–H and O–H groups in total. The Labute approximate surface area is 158 Å². The molecule has 2 aromatic heterocycles. The first-order valence-electron chi connectivity index (χ1n) is 9.61. The maximum absolute atomic E-state index is 12.6. The topological polar surface area (TPSA) is 103 Å². The molecule has 0 saturated heterocycles. The third kappa shape index (κ3) is 4.23. The van der Waals surface area contributed by atoms with E-state index in [1.807, 2.05) is 19.9 Å². The summed E-state index contributed by atoms with van der Waals surface area (Å²) in [6.45, 7) is 5.99. The largest absolute Gasteiger partial charge is 0.466 e. The summed E-state index contributed by atoms with van der Waals surface area (Å²) in [5.41, 5.74) is 6.80. The first-order valence-corrected chi connectivity index (χ1v) is 9.61. The number of furan rings is 1. The van der Waals surface area contributed by atoms with Gasteiger partial charge in [0.25, 0.3) is 5.56 Å². The maximum Gasteiger partial charge on any atom is 0.290 e. The molecule has 27 heavy (non-hydrogen) atoms. The Morgan fingerprint density at radius 1 is 1.33 bits per heavy atom. The predicted octanol–water partition coefficient (Wildman–Crippen LogP) is 2.96. The van der Waals surface area contributed by atoms with Gasteiger partial charge in [0, 0.05) is 12.1 Å². The molecule has 7 nitrogen and oxygen atoms in total. The van der Waals surface area contributed by atoms with Crippen LogP contribution in [0.15, 0.2) is 21.3 Å². The Morgan fingerprint density at radius 3 is 2.67 bits per heavy atom. The molecule has 1 unspecified atom stereocenters. The Kier molecular flexibility index (Phi) is 5.68. The van der Waals surface area contributed by atoms with Crippen molar-refractivity contribution in [3.8, 4) is 11.3 Å². The third-order valence-electron chi connectivity index (χ3n) is 5.32. The van der Waals surface area contributed by atoms with Crippen molar-refractivity contribution in [2.75, 3.05) is 12.3 Å². The number of aryl methyl sites for hydroxylation is 2. The molecule has 0 aliphatic heterocycles. The summed E-state index contributed by atoms with van der Waals surface area (Å²) in [5, 5.41) is 7.37. The molecule has 0 bridgehead atoms. The zero-order chi connectivity index (χ0) is 19.6. The lowest BCUT2D eigenvalue weighted by Crippen LogP contribution is -2.39. The molecule has 0 spiro atoms. The first kappa shape index (κ1) is 19.2. The fourth-order valence-electron chi connectivity index (χ4n) is 3.71. The average Bonchev–Trinajstić information content (AvgIpc) is 3.00. The van der Waals surface area contributed by atoms with Crippen LogP contribution in [0.1, 0.15) is 56.6 Å². The van der Waals surface area contributed by atoms with Crippen molar-refractivity contribution in [2.24, 2.45) is 5.92 Å². The van der Waals surface area contributed by atoms with Crippen LogP contribution in [-0.2, 0) is 4.79 Å². The Balaban J connectivity index is 1.81. The number of anilines is 1. The second-order valence-corrected chi connectivity index (χ2v) is 7.49. The summed E-state index contributed by atoms with van der Waals surface area (Å²) in [4.78, 5) is 25.1. The Bertz CT molecular complexity index is 878. The lowest BCUT2D eigenvalue weighted by Gasteiger charge is -2.23. The van der Waals surface area contributed by atoms with Gasteiger partial charge in [-0.25, -0.2) is 4.68 Å². The number of aromatic nitrogens is 2. The van der Waals surface area contributed by atoms with E-state index in [4.69, 9.17) is 10.2 Å². The smallest absolute Gasteiger partial charge is 0.290 e. The van der Waals surface area contributed by atoms with E-state index in [1.165, 1.54) is 30.0 Å². The van der Waals surface area contributed by atoms with Gasteiger partial charge in [0.15, 0.2) is 0 Å². The standard InChI is InChI=1S/C20H28N4O3/c1-12-9-16(14(3)27-12)18-10-17(21)20(26)24(23-18)13(2)19(25)22-11-15-7-5-4-6-8-15/h9-10,13,15H,4-8,11,21H2,1-3H3,(H,22,25). The van der Waals surface area contributed by atoms with Gasteiger partial charge in [-0.05, 0) is 51.7 Å². The summed E-state index contributed by atoms with van der Waals surface area (Å²) in [7, 11) is 0. The van der Waals surface area contributed by atoms with E-state index in [-0.39, 0.29) is 11.6 Å². The number of hydrogen-bond donors (Lipinski definition) is 2. The molecule has 2 heterocycles. The van der Waals surface area contributed by atoms with Crippen molar-refractivity contribution in [1.29, 1.82) is 0 Å². The normalized spacial score (nSPS) is 16.3. The maximum atomic E-state index is 12.6. The van der Waals surface area contributed by atoms with Crippen molar-refractivity contribution < 1.29 is 9.21 Å². The number of rotatable bonds is 5. The second-order valence-electron chi connectivity index (χ2n) is 7.49. The van der Waals surface area contributed by atoms with Crippen molar-refractivity contribution in [3.05, 3.63) is 34.0 Å². The Hall–Kier alpha value is -2.57. The SMILES string of the molecule is Cc1cc(-c2cc(N)c(=O)n(C(C)C(=O)NCC3CCCCC3)n2)c(C)o1. The molecular formula is C20H28N4O3. The van der Waals surface area contributed by atoms with Crippen LogP contribution in [0.4, 0.5) is 5.69 Å². The molecule has 1 fully saturated rings. The lowest BCUT2D eigenvalue weighted by molar-refractivity contribution is -0.124. The molecule has 3 rings (SSSR count). The molecule has 1 atom stereocenters. The van der Waals surface area contributed by atoms with Crippen molar-refractivity contribution in [2.45, 2.75) is 58.9 Å². The van der Waals surface area contributed by atoms with Crippen LogP contribution in [-0.4, -0.2) is 22.2 Å². The number of carbonyl (C=O) groups excluding carboxylic acids is 1. The van der Waals surface area contributed by atoms with E-state index < -0.39 is 11.6 Å². The minimum absolute atomic E-state index is 0.0604. The van der Waals surface area contributed by atoms with Crippen LogP contribution in [0.2, 0.25) is 0 Å². The van der Waals surface area contributed by atoms with E-state index >= 15 is 0 Å². The highest BCUT2D eigenvalue weighted by Gasteiger charge is 2.22. The van der Waals surface area contributed by atoms with Crippen molar-refractivity contribution in [3.63, 3.8) is 0 Å². The highest BCUT2D eigenvalue weighted by Crippen LogP contribution is 2.26. The molecule has 1 saturated carbocycles. The van der Waals surface area contributed by atoms with Crippen LogP contribution in [0.3, 0.4) is 0 Å². The van der Waals surface area contributed by atoms with Crippen LogP contribution < -0.4 is 16.6 Å². The van der Waals surface area contributed by atoms with Gasteiger partial charge >= 0.3 is 0 Å². The summed E-state index contributed by atoms with van der Waals surface area (Å²) >= 11 is 0. The summed E-state index contributed by atoms with van der Waals surface area (Å²) in [5.74, 6) is 1.75. The first-order chi connectivity index (χ1) is 12.9. The second kappa shape index (κ2) is 7.98. The lowest BCUT2D eigenvalue weighted by atomic mass is 9.89. The third-order valence-corrected chi connectivity index (χ3v) is 5.32. The van der Waals surface area contributed by atoms with Crippen LogP contribution in [0.25, 0.3) is 11.3 Å². The van der Waals surface area contributed by atoms with Gasteiger partial charge in [-0.2, -0.15) is 5.10 Å². The molecular weight excluding hydrogens is 344 g/mol. The average molecular weight is 372 g/mol. The Morgan fingerprint density at radius 2 is 2.04 bits per heavy atom. The molecule has 1 aliphatic carbocycles. The highest BCUT2D eigenvalue weighted by molar-refractivity contribution is 5.80. The molecule has 1 amide bonds.